The van der Waals surface area contributed by atoms with Crippen LogP contribution in [-0.4, -0.2) is 54.1 Å². The number of nitrogens with one attached hydrogen (secondary N) is 1. The number of halogens is 2. The number of hydrogen-bond acceptors (Lipinski definition) is 4. The molecule has 2 aromatic rings. The lowest BCUT2D eigenvalue weighted by atomic mass is 10.1. The Balaban J connectivity index is 1.44. The van der Waals surface area contributed by atoms with Crippen molar-refractivity contribution in [1.82, 2.24) is 15.2 Å². The molecule has 154 valence electrons. The van der Waals surface area contributed by atoms with Gasteiger partial charge < -0.3 is 0 Å². The number of hydrogen-bond donors (Lipinski definition) is 1. The Morgan fingerprint density at radius 2 is 1.69 bits per heavy atom. The van der Waals surface area contributed by atoms with E-state index < -0.39 is 0 Å². The number of aryl methyl sites for hydroxylation is 1. The van der Waals surface area contributed by atoms with Crippen LogP contribution in [0.5, 0.6) is 0 Å². The van der Waals surface area contributed by atoms with Crippen molar-refractivity contribution in [2.75, 3.05) is 32.7 Å². The molecule has 0 atom stereocenters. The van der Waals surface area contributed by atoms with E-state index in [0.29, 0.717) is 22.3 Å². The van der Waals surface area contributed by atoms with E-state index in [1.54, 1.807) is 25.1 Å². The van der Waals surface area contributed by atoms with Crippen molar-refractivity contribution >= 4 is 34.8 Å². The molecule has 7 heteroatoms. The molecule has 0 bridgehead atoms. The monoisotopic (exact) mass is 432 g/mol. The number of rotatable bonds is 6. The van der Waals surface area contributed by atoms with Gasteiger partial charge in [0, 0.05) is 43.3 Å². The number of carbonyl (C=O) groups excluding carboxylic acids is 1. The van der Waals surface area contributed by atoms with Gasteiger partial charge in [0.2, 0.25) is 0 Å². The Kier molecular flexibility index (Phi) is 7.67. The van der Waals surface area contributed by atoms with Crippen molar-refractivity contribution in [3.8, 4) is 0 Å². The first kappa shape index (κ1) is 21.8. The first-order valence-corrected chi connectivity index (χ1v) is 10.4. The van der Waals surface area contributed by atoms with E-state index in [9.17, 15) is 4.79 Å². The first-order chi connectivity index (χ1) is 13.9. The molecule has 1 N–H and O–H groups in total. The van der Waals surface area contributed by atoms with Crippen LogP contribution in [0.1, 0.15) is 23.6 Å². The molecule has 29 heavy (non-hydrogen) atoms. The Hall–Kier alpha value is -1.92. The van der Waals surface area contributed by atoms with Crippen LogP contribution < -0.4 is 5.43 Å². The van der Waals surface area contributed by atoms with Crippen molar-refractivity contribution < 1.29 is 4.79 Å². The number of carbonyl (C=O) groups is 1. The number of nitrogens with zero attached hydrogens (tertiary/aromatic N) is 3. The van der Waals surface area contributed by atoms with E-state index in [1.165, 1.54) is 11.1 Å². The minimum atomic E-state index is -0.124. The van der Waals surface area contributed by atoms with E-state index in [2.05, 4.69) is 51.5 Å². The Morgan fingerprint density at radius 3 is 2.34 bits per heavy atom. The molecule has 3 rings (SSSR count). The Morgan fingerprint density at radius 1 is 1.03 bits per heavy atom. The summed E-state index contributed by atoms with van der Waals surface area (Å²) >= 11 is 12.1. The first-order valence-electron chi connectivity index (χ1n) is 9.69. The van der Waals surface area contributed by atoms with Gasteiger partial charge in [-0.15, -0.1) is 0 Å². The molecule has 1 heterocycles. The van der Waals surface area contributed by atoms with Gasteiger partial charge in [-0.05, 0) is 31.5 Å². The summed E-state index contributed by atoms with van der Waals surface area (Å²) in [5, 5.41) is 5.26. The van der Waals surface area contributed by atoms with Gasteiger partial charge in [0.05, 0.1) is 17.3 Å². The topological polar surface area (TPSA) is 47.9 Å². The summed E-state index contributed by atoms with van der Waals surface area (Å²) in [5.74, 6) is -0.124. The van der Waals surface area contributed by atoms with Crippen molar-refractivity contribution in [3.63, 3.8) is 0 Å². The summed E-state index contributed by atoms with van der Waals surface area (Å²) < 4.78 is 0. The van der Waals surface area contributed by atoms with Crippen LogP contribution >= 0.6 is 23.2 Å². The Labute approximate surface area is 182 Å². The van der Waals surface area contributed by atoms with Gasteiger partial charge in [0.1, 0.15) is 0 Å². The molecule has 0 radical (unpaired) electrons. The molecule has 1 saturated heterocycles. The number of benzene rings is 2. The maximum Gasteiger partial charge on any atom is 0.254 e. The molecule has 0 spiro atoms. The predicted molar refractivity (Wildman–Crippen MR) is 120 cm³/mol. The van der Waals surface area contributed by atoms with E-state index in [4.69, 9.17) is 23.2 Å². The number of hydrazone groups is 1. The van der Waals surface area contributed by atoms with Crippen LogP contribution in [0.25, 0.3) is 0 Å². The molecule has 0 aromatic heterocycles. The van der Waals surface area contributed by atoms with Gasteiger partial charge in [-0.1, -0.05) is 59.1 Å². The highest BCUT2D eigenvalue weighted by molar-refractivity contribution is 6.37. The highest BCUT2D eigenvalue weighted by atomic mass is 35.5. The van der Waals surface area contributed by atoms with Crippen LogP contribution in [0, 0.1) is 6.92 Å². The van der Waals surface area contributed by atoms with E-state index in [-0.39, 0.29) is 5.91 Å². The van der Waals surface area contributed by atoms with Crippen molar-refractivity contribution in [2.24, 2.45) is 5.10 Å². The second kappa shape index (κ2) is 10.2. The molecule has 0 aliphatic carbocycles. The quantitative estimate of drug-likeness (QED) is 0.554. The average Bonchev–Trinajstić information content (AvgIpc) is 2.69. The molecule has 1 fully saturated rings. The highest BCUT2D eigenvalue weighted by Crippen LogP contribution is 2.21. The van der Waals surface area contributed by atoms with Gasteiger partial charge in [0.25, 0.3) is 5.91 Å². The minimum absolute atomic E-state index is 0.124. The molecule has 1 aliphatic heterocycles. The minimum Gasteiger partial charge on any atom is -0.297 e. The summed E-state index contributed by atoms with van der Waals surface area (Å²) in [7, 11) is 0. The van der Waals surface area contributed by atoms with Gasteiger partial charge >= 0.3 is 0 Å². The molecule has 5 nitrogen and oxygen atoms in total. The molecule has 0 unspecified atom stereocenters. The summed E-state index contributed by atoms with van der Waals surface area (Å²) in [4.78, 5) is 16.8. The van der Waals surface area contributed by atoms with Gasteiger partial charge in [-0.25, -0.2) is 5.43 Å². The van der Waals surface area contributed by atoms with Crippen LogP contribution in [0.2, 0.25) is 10.0 Å². The standard InChI is InChI=1S/C22H26Cl2N4O/c1-16-3-5-18(6-4-16)14-27-9-11-28(12-10-27)15-22(29)26-25-17(2)20-8-7-19(23)13-21(20)24/h3-8,13H,9-12,14-15H2,1-2H3,(H,26,29)/b25-17+. The molecular formula is C22H26Cl2N4O. The zero-order valence-corrected chi connectivity index (χ0v) is 18.3. The second-order valence-corrected chi connectivity index (χ2v) is 8.24. The number of amides is 1. The lowest BCUT2D eigenvalue weighted by Gasteiger charge is -2.34. The molecule has 2 aromatic carbocycles. The van der Waals surface area contributed by atoms with Gasteiger partial charge in [-0.2, -0.15) is 5.10 Å². The molecular weight excluding hydrogens is 407 g/mol. The highest BCUT2D eigenvalue weighted by Gasteiger charge is 2.19. The summed E-state index contributed by atoms with van der Waals surface area (Å²) in [5.41, 5.74) is 6.63. The van der Waals surface area contributed by atoms with Gasteiger partial charge in [0.15, 0.2) is 0 Å². The smallest absolute Gasteiger partial charge is 0.254 e. The predicted octanol–water partition coefficient (Wildman–Crippen LogP) is 3.96. The maximum absolute atomic E-state index is 12.3. The zero-order valence-electron chi connectivity index (χ0n) is 16.8. The third kappa shape index (κ3) is 6.54. The molecule has 0 saturated carbocycles. The lowest BCUT2D eigenvalue weighted by molar-refractivity contribution is -0.122. The molecule has 1 amide bonds. The fourth-order valence-corrected chi connectivity index (χ4v) is 3.83. The van der Waals surface area contributed by atoms with Crippen molar-refractivity contribution in [1.29, 1.82) is 0 Å². The van der Waals surface area contributed by atoms with E-state index in [0.717, 1.165) is 38.3 Å². The lowest BCUT2D eigenvalue weighted by Crippen LogP contribution is -2.48. The summed E-state index contributed by atoms with van der Waals surface area (Å²) in [6.45, 7) is 8.82. The van der Waals surface area contributed by atoms with Crippen LogP contribution in [0.4, 0.5) is 0 Å². The van der Waals surface area contributed by atoms with Crippen LogP contribution in [0.15, 0.2) is 47.6 Å². The fraction of sp³-hybridized carbons (Fsp3) is 0.364. The summed E-state index contributed by atoms with van der Waals surface area (Å²) in [6, 6.07) is 13.9. The maximum atomic E-state index is 12.3. The fourth-order valence-electron chi connectivity index (χ4n) is 3.28. The molecule has 1 aliphatic rings. The van der Waals surface area contributed by atoms with Gasteiger partial charge in [-0.3, -0.25) is 14.6 Å². The second-order valence-electron chi connectivity index (χ2n) is 7.39. The largest absolute Gasteiger partial charge is 0.297 e. The van der Waals surface area contributed by atoms with Crippen LogP contribution in [-0.2, 0) is 11.3 Å². The van der Waals surface area contributed by atoms with Crippen LogP contribution in [0.3, 0.4) is 0 Å². The summed E-state index contributed by atoms with van der Waals surface area (Å²) in [6.07, 6.45) is 0. The van der Waals surface area contributed by atoms with E-state index in [1.807, 2.05) is 0 Å². The van der Waals surface area contributed by atoms with Crippen molar-refractivity contribution in [2.45, 2.75) is 20.4 Å². The Bertz CT molecular complexity index is 875. The normalized spacial score (nSPS) is 16.1. The third-order valence-electron chi connectivity index (χ3n) is 5.03. The van der Waals surface area contributed by atoms with Crippen molar-refractivity contribution in [3.05, 3.63) is 69.2 Å². The SMILES string of the molecule is C/C(=N\NC(=O)CN1CCN(Cc2ccc(C)cc2)CC1)c1ccc(Cl)cc1Cl. The third-order valence-corrected chi connectivity index (χ3v) is 5.58. The number of piperazine rings is 1. The zero-order chi connectivity index (χ0) is 20.8. The van der Waals surface area contributed by atoms with E-state index >= 15 is 0 Å². The average molecular weight is 433 g/mol.